The topological polar surface area (TPSA) is 93.5 Å². The minimum Gasteiger partial charge on any atom is -0.497 e. The normalized spacial score (nSPS) is 13.9. The molecule has 8 nitrogen and oxygen atoms in total. The maximum Gasteiger partial charge on any atom is 0.266 e. The van der Waals surface area contributed by atoms with Crippen molar-refractivity contribution >= 4 is 39.1 Å². The van der Waals surface area contributed by atoms with Crippen LogP contribution in [0.5, 0.6) is 5.75 Å². The van der Waals surface area contributed by atoms with Gasteiger partial charge in [0.15, 0.2) is 0 Å². The van der Waals surface area contributed by atoms with Crippen LogP contribution in [0.15, 0.2) is 35.4 Å². The highest BCUT2D eigenvalue weighted by Gasteiger charge is 2.22. The Morgan fingerprint density at radius 1 is 1.23 bits per heavy atom. The van der Waals surface area contributed by atoms with E-state index in [1.54, 1.807) is 43.2 Å². The summed E-state index contributed by atoms with van der Waals surface area (Å²) in [7, 11) is 1.56. The Morgan fingerprint density at radius 3 is 2.74 bits per heavy atom. The SMILES string of the molecule is COc1cccc(NC(=O)c2sc3ncn(CC(=O)N4CCCCC4)c(=O)c3c2C)c1. The van der Waals surface area contributed by atoms with Gasteiger partial charge >= 0.3 is 0 Å². The zero-order chi connectivity index (χ0) is 22.0. The molecule has 1 aliphatic rings. The van der Waals surface area contributed by atoms with Crippen LogP contribution in [0.3, 0.4) is 0 Å². The summed E-state index contributed by atoms with van der Waals surface area (Å²) in [5.41, 5.74) is 0.862. The van der Waals surface area contributed by atoms with Gasteiger partial charge in [-0.3, -0.25) is 19.0 Å². The number of carbonyl (C=O) groups excluding carboxylic acids is 2. The van der Waals surface area contributed by atoms with Gasteiger partial charge in [0.05, 0.1) is 23.7 Å². The number of aromatic nitrogens is 2. The molecule has 3 aromatic rings. The first-order valence-electron chi connectivity index (χ1n) is 10.2. The van der Waals surface area contributed by atoms with Gasteiger partial charge in [-0.1, -0.05) is 6.07 Å². The van der Waals surface area contributed by atoms with Crippen molar-refractivity contribution in [2.45, 2.75) is 32.7 Å². The molecule has 4 rings (SSSR count). The van der Waals surface area contributed by atoms with Gasteiger partial charge in [0, 0.05) is 24.8 Å². The van der Waals surface area contributed by atoms with Crippen molar-refractivity contribution < 1.29 is 14.3 Å². The number of thiophene rings is 1. The minimum absolute atomic E-state index is 0.0393. The smallest absolute Gasteiger partial charge is 0.266 e. The maximum atomic E-state index is 13.1. The van der Waals surface area contributed by atoms with Crippen LogP contribution < -0.4 is 15.6 Å². The molecule has 1 saturated heterocycles. The highest BCUT2D eigenvalue weighted by atomic mass is 32.1. The molecular weight excluding hydrogens is 416 g/mol. The predicted molar refractivity (Wildman–Crippen MR) is 120 cm³/mol. The van der Waals surface area contributed by atoms with Crippen molar-refractivity contribution in [2.24, 2.45) is 0 Å². The second-order valence-corrected chi connectivity index (χ2v) is 8.54. The van der Waals surface area contributed by atoms with Gasteiger partial charge in [-0.2, -0.15) is 0 Å². The second kappa shape index (κ2) is 8.89. The number of hydrogen-bond donors (Lipinski definition) is 1. The van der Waals surface area contributed by atoms with Crippen molar-refractivity contribution in [1.82, 2.24) is 14.5 Å². The summed E-state index contributed by atoms with van der Waals surface area (Å²) < 4.78 is 6.52. The largest absolute Gasteiger partial charge is 0.497 e. The molecule has 2 aromatic heterocycles. The molecule has 0 aliphatic carbocycles. The molecule has 2 amide bonds. The molecule has 1 aliphatic heterocycles. The number of nitrogens with one attached hydrogen (secondary N) is 1. The van der Waals surface area contributed by atoms with Gasteiger partial charge < -0.3 is 15.0 Å². The summed E-state index contributed by atoms with van der Waals surface area (Å²) in [5.74, 6) is 0.240. The Bertz CT molecular complexity index is 1190. The fourth-order valence-corrected chi connectivity index (χ4v) is 4.80. The lowest BCUT2D eigenvalue weighted by Gasteiger charge is -2.26. The van der Waals surface area contributed by atoms with Gasteiger partial charge in [0.25, 0.3) is 11.5 Å². The zero-order valence-electron chi connectivity index (χ0n) is 17.5. The Labute approximate surface area is 183 Å². The quantitative estimate of drug-likeness (QED) is 0.658. The van der Waals surface area contributed by atoms with E-state index in [-0.39, 0.29) is 23.9 Å². The summed E-state index contributed by atoms with van der Waals surface area (Å²) in [6.45, 7) is 3.16. The first-order chi connectivity index (χ1) is 15.0. The summed E-state index contributed by atoms with van der Waals surface area (Å²) in [5, 5.41) is 3.22. The summed E-state index contributed by atoms with van der Waals surface area (Å²) >= 11 is 1.17. The molecule has 31 heavy (non-hydrogen) atoms. The van der Waals surface area contributed by atoms with Gasteiger partial charge in [0.1, 0.15) is 17.1 Å². The number of piperidine rings is 1. The molecule has 0 unspecified atom stereocenters. The number of benzene rings is 1. The van der Waals surface area contributed by atoms with E-state index in [0.29, 0.717) is 32.1 Å². The van der Waals surface area contributed by atoms with Crippen LogP contribution in [-0.2, 0) is 11.3 Å². The summed E-state index contributed by atoms with van der Waals surface area (Å²) in [4.78, 5) is 45.5. The van der Waals surface area contributed by atoms with E-state index in [1.165, 1.54) is 22.2 Å². The average molecular weight is 441 g/mol. The van der Waals surface area contributed by atoms with E-state index >= 15 is 0 Å². The van der Waals surface area contributed by atoms with E-state index in [9.17, 15) is 14.4 Å². The highest BCUT2D eigenvalue weighted by Crippen LogP contribution is 2.28. The van der Waals surface area contributed by atoms with Crippen LogP contribution in [0.1, 0.15) is 34.5 Å². The molecule has 9 heteroatoms. The minimum atomic E-state index is -0.316. The molecule has 3 heterocycles. The number of aryl methyl sites for hydroxylation is 1. The predicted octanol–water partition coefficient (Wildman–Crippen LogP) is 3.04. The van der Waals surface area contributed by atoms with E-state index < -0.39 is 0 Å². The number of hydrogen-bond acceptors (Lipinski definition) is 6. The maximum absolute atomic E-state index is 13.1. The van der Waals surface area contributed by atoms with Crippen LogP contribution in [0, 0.1) is 6.92 Å². The number of methoxy groups -OCH3 is 1. The molecule has 0 radical (unpaired) electrons. The number of ether oxygens (including phenoxy) is 1. The van der Waals surface area contributed by atoms with Crippen molar-refractivity contribution in [3.8, 4) is 5.75 Å². The summed E-state index contributed by atoms with van der Waals surface area (Å²) in [6, 6.07) is 7.06. The standard InChI is InChI=1S/C22H24N4O4S/c1-14-18-21(31-19(14)20(28)24-15-7-6-8-16(11-15)30-2)23-13-26(22(18)29)12-17(27)25-9-4-3-5-10-25/h6-8,11,13H,3-5,9-10,12H2,1-2H3,(H,24,28). The molecule has 0 saturated carbocycles. The van der Waals surface area contributed by atoms with Crippen molar-refractivity contribution in [3.63, 3.8) is 0 Å². The molecule has 1 aromatic carbocycles. The number of anilines is 1. The van der Waals surface area contributed by atoms with Crippen molar-refractivity contribution in [3.05, 3.63) is 51.4 Å². The Morgan fingerprint density at radius 2 is 2.00 bits per heavy atom. The molecule has 1 fully saturated rings. The van der Waals surface area contributed by atoms with Crippen LogP contribution in [0.4, 0.5) is 5.69 Å². The fraction of sp³-hybridized carbons (Fsp3) is 0.364. The van der Waals surface area contributed by atoms with Crippen LogP contribution in [0.2, 0.25) is 0 Å². The van der Waals surface area contributed by atoms with Gasteiger partial charge in [-0.15, -0.1) is 11.3 Å². The molecule has 162 valence electrons. The highest BCUT2D eigenvalue weighted by molar-refractivity contribution is 7.20. The van der Waals surface area contributed by atoms with E-state index in [4.69, 9.17) is 4.74 Å². The van der Waals surface area contributed by atoms with Crippen molar-refractivity contribution in [1.29, 1.82) is 0 Å². The second-order valence-electron chi connectivity index (χ2n) is 7.54. The van der Waals surface area contributed by atoms with Gasteiger partial charge in [-0.05, 0) is 43.9 Å². The monoisotopic (exact) mass is 440 g/mol. The first kappa shape index (κ1) is 21.0. The van der Waals surface area contributed by atoms with Crippen molar-refractivity contribution in [2.75, 3.05) is 25.5 Å². The van der Waals surface area contributed by atoms with Crippen LogP contribution in [0.25, 0.3) is 10.2 Å². The number of amides is 2. The number of likely N-dealkylation sites (tertiary alicyclic amines) is 1. The summed E-state index contributed by atoms with van der Waals surface area (Å²) in [6.07, 6.45) is 4.51. The Kier molecular flexibility index (Phi) is 6.03. The molecule has 0 atom stereocenters. The molecular formula is C22H24N4O4S. The van der Waals surface area contributed by atoms with Gasteiger partial charge in [0.2, 0.25) is 5.91 Å². The lowest BCUT2D eigenvalue weighted by molar-refractivity contribution is -0.132. The third-order valence-electron chi connectivity index (χ3n) is 5.47. The number of rotatable bonds is 5. The fourth-order valence-electron chi connectivity index (χ4n) is 3.77. The number of nitrogens with zero attached hydrogens (tertiary/aromatic N) is 3. The van der Waals surface area contributed by atoms with Crippen LogP contribution in [-0.4, -0.2) is 46.5 Å². The van der Waals surface area contributed by atoms with E-state index in [1.807, 2.05) is 0 Å². The lowest BCUT2D eigenvalue weighted by Crippen LogP contribution is -2.39. The number of fused-ring (bicyclic) bond motifs is 1. The van der Waals surface area contributed by atoms with E-state index in [2.05, 4.69) is 10.3 Å². The van der Waals surface area contributed by atoms with Crippen LogP contribution >= 0.6 is 11.3 Å². The molecule has 1 N–H and O–H groups in total. The van der Waals surface area contributed by atoms with Gasteiger partial charge in [-0.25, -0.2) is 4.98 Å². The molecule has 0 bridgehead atoms. The number of carbonyl (C=O) groups is 2. The zero-order valence-corrected chi connectivity index (χ0v) is 18.3. The lowest BCUT2D eigenvalue weighted by atomic mass is 10.1. The Balaban J connectivity index is 1.59. The first-order valence-corrected chi connectivity index (χ1v) is 11.0. The average Bonchev–Trinajstić information content (AvgIpc) is 3.13. The third-order valence-corrected chi connectivity index (χ3v) is 6.66. The molecule has 0 spiro atoms. The third kappa shape index (κ3) is 4.32. The van der Waals surface area contributed by atoms with E-state index in [0.717, 1.165) is 32.4 Å². The Hall–Kier alpha value is -3.20.